The van der Waals surface area contributed by atoms with E-state index in [1.165, 1.54) is 56.9 Å². The highest BCUT2D eigenvalue weighted by molar-refractivity contribution is 7.83. The van der Waals surface area contributed by atoms with Crippen LogP contribution in [0.25, 0.3) is 0 Å². The van der Waals surface area contributed by atoms with Gasteiger partial charge in [0.15, 0.2) is 0 Å². The average Bonchev–Trinajstić information content (AvgIpc) is 2.76. The van der Waals surface area contributed by atoms with Gasteiger partial charge >= 0.3 is 7.37 Å². The molecule has 3 nitrogen and oxygen atoms in total. The van der Waals surface area contributed by atoms with Crippen LogP contribution < -0.4 is 5.30 Å². The minimum absolute atomic E-state index is 0.231. The van der Waals surface area contributed by atoms with Crippen LogP contribution in [-0.2, 0) is 15.5 Å². The van der Waals surface area contributed by atoms with Gasteiger partial charge in [0.05, 0.1) is 6.61 Å². The monoisotopic (exact) mass is 414 g/mol. The van der Waals surface area contributed by atoms with E-state index in [1.807, 2.05) is 18.2 Å². The lowest BCUT2D eigenvalue weighted by molar-refractivity contribution is 0.105. The highest BCUT2D eigenvalue weighted by atomic mass is 31.2. The van der Waals surface area contributed by atoms with Crippen molar-refractivity contribution in [1.82, 2.24) is 0 Å². The van der Waals surface area contributed by atoms with Crippen molar-refractivity contribution in [1.29, 1.82) is 0 Å². The van der Waals surface area contributed by atoms with Crippen LogP contribution in [0.3, 0.4) is 0 Å². The van der Waals surface area contributed by atoms with Crippen LogP contribution in [0, 0.1) is 0 Å². The van der Waals surface area contributed by atoms with Crippen molar-refractivity contribution in [2.24, 2.45) is 0 Å². The van der Waals surface area contributed by atoms with Gasteiger partial charge in [-0.2, -0.15) is 0 Å². The fourth-order valence-corrected chi connectivity index (χ4v) is 5.42. The lowest BCUT2D eigenvalue weighted by atomic mass is 10.0. The van der Waals surface area contributed by atoms with Crippen LogP contribution in [0.1, 0.15) is 81.1 Å². The van der Waals surface area contributed by atoms with Crippen molar-refractivity contribution in [3.05, 3.63) is 65.7 Å². The van der Waals surface area contributed by atoms with Gasteiger partial charge < -0.3 is 4.52 Å². The minimum Gasteiger partial charge on any atom is -0.320 e. The largest absolute Gasteiger partial charge is 0.320 e. The summed E-state index contributed by atoms with van der Waals surface area (Å²) in [6.07, 6.45) is 11.4. The minimum atomic E-state index is -3.58. The maximum Gasteiger partial charge on any atom is 0.300 e. The molecule has 0 heterocycles. The van der Waals surface area contributed by atoms with Gasteiger partial charge in [-0.25, -0.2) is 0 Å². The van der Waals surface area contributed by atoms with Crippen molar-refractivity contribution in [3.63, 3.8) is 0 Å². The van der Waals surface area contributed by atoms with Gasteiger partial charge in [-0.05, 0) is 37.5 Å². The molecule has 29 heavy (non-hydrogen) atoms. The molecule has 0 bridgehead atoms. The molecule has 0 radical (unpaired) electrons. The summed E-state index contributed by atoms with van der Waals surface area (Å²) in [6.45, 7) is 4.24. The number of hydrogen-bond acceptors (Lipinski definition) is 3. The molecule has 0 amide bonds. The summed E-state index contributed by atoms with van der Waals surface area (Å²) in [4.78, 5) is 13.0. The van der Waals surface area contributed by atoms with Crippen LogP contribution in [0.5, 0.6) is 0 Å². The zero-order chi connectivity index (χ0) is 21.0. The lowest BCUT2D eigenvalue weighted by Gasteiger charge is -2.17. The SMILES string of the molecule is CCCCCCCCCCc1ccc(C(=O)P(=O)(OCC)c2ccccc2)cc1. The summed E-state index contributed by atoms with van der Waals surface area (Å²) in [5.74, 6) is 0. The van der Waals surface area contributed by atoms with Crippen molar-refractivity contribution in [2.75, 3.05) is 6.61 Å². The first-order valence-electron chi connectivity index (χ1n) is 11.1. The molecule has 0 saturated carbocycles. The molecule has 0 N–H and O–H groups in total. The van der Waals surface area contributed by atoms with Gasteiger partial charge in [-0.3, -0.25) is 9.36 Å². The van der Waals surface area contributed by atoms with Gasteiger partial charge in [0.1, 0.15) is 0 Å². The predicted molar refractivity (Wildman–Crippen MR) is 122 cm³/mol. The maximum absolute atomic E-state index is 13.4. The molecule has 2 rings (SSSR count). The number of carbonyl (C=O) groups is 1. The first-order valence-corrected chi connectivity index (χ1v) is 12.7. The van der Waals surface area contributed by atoms with Gasteiger partial charge in [0.2, 0.25) is 0 Å². The number of carbonyl (C=O) groups excluding carboxylic acids is 1. The van der Waals surface area contributed by atoms with Crippen molar-refractivity contribution >= 4 is 18.2 Å². The molecule has 2 aromatic rings. The van der Waals surface area contributed by atoms with E-state index in [2.05, 4.69) is 6.92 Å². The molecule has 0 aliphatic rings. The number of unbranched alkanes of at least 4 members (excludes halogenated alkanes) is 7. The van der Waals surface area contributed by atoms with E-state index in [1.54, 1.807) is 43.3 Å². The Morgan fingerprint density at radius 2 is 1.38 bits per heavy atom. The second-order valence-electron chi connectivity index (χ2n) is 7.53. The van der Waals surface area contributed by atoms with Gasteiger partial charge in [-0.1, -0.05) is 94.3 Å². The molecule has 2 aromatic carbocycles. The first kappa shape index (κ1) is 23.6. The van der Waals surface area contributed by atoms with Crippen LogP contribution in [0.4, 0.5) is 0 Å². The molecule has 1 unspecified atom stereocenters. The Morgan fingerprint density at radius 3 is 1.97 bits per heavy atom. The summed E-state index contributed by atoms with van der Waals surface area (Å²) in [5.41, 5.74) is 1.24. The third-order valence-corrected chi connectivity index (χ3v) is 7.59. The Hall–Kier alpha value is -1.70. The molecule has 0 fully saturated rings. The molecular formula is C25H35O3P. The fourth-order valence-electron chi connectivity index (χ4n) is 3.50. The highest BCUT2D eigenvalue weighted by Gasteiger charge is 2.35. The quantitative estimate of drug-likeness (QED) is 0.243. The Labute approximate surface area is 176 Å². The van der Waals surface area contributed by atoms with Gasteiger partial charge in [0.25, 0.3) is 5.52 Å². The molecule has 0 saturated heterocycles. The van der Waals surface area contributed by atoms with Crippen molar-refractivity contribution in [2.45, 2.75) is 71.6 Å². The fraction of sp³-hybridized carbons (Fsp3) is 0.480. The molecule has 0 aliphatic heterocycles. The number of aryl methyl sites for hydroxylation is 1. The zero-order valence-electron chi connectivity index (χ0n) is 17.9. The van der Waals surface area contributed by atoms with Crippen molar-refractivity contribution in [3.8, 4) is 0 Å². The Kier molecular flexibility index (Phi) is 10.4. The van der Waals surface area contributed by atoms with Gasteiger partial charge in [-0.15, -0.1) is 0 Å². The second kappa shape index (κ2) is 12.8. The molecule has 0 spiro atoms. The highest BCUT2D eigenvalue weighted by Crippen LogP contribution is 2.48. The molecule has 158 valence electrons. The number of hydrogen-bond donors (Lipinski definition) is 0. The topological polar surface area (TPSA) is 43.4 Å². The maximum atomic E-state index is 13.4. The second-order valence-corrected chi connectivity index (χ2v) is 9.82. The third kappa shape index (κ3) is 7.24. The summed E-state index contributed by atoms with van der Waals surface area (Å²) < 4.78 is 18.9. The Balaban J connectivity index is 1.90. The lowest BCUT2D eigenvalue weighted by Crippen LogP contribution is -2.15. The van der Waals surface area contributed by atoms with E-state index < -0.39 is 12.9 Å². The van der Waals surface area contributed by atoms with Crippen molar-refractivity contribution < 1.29 is 13.9 Å². The van der Waals surface area contributed by atoms with Crippen LogP contribution in [-0.4, -0.2) is 12.1 Å². The smallest absolute Gasteiger partial charge is 0.300 e. The molecule has 0 aliphatic carbocycles. The molecular weight excluding hydrogens is 379 g/mol. The third-order valence-electron chi connectivity index (χ3n) is 5.19. The number of benzene rings is 2. The summed E-state index contributed by atoms with van der Waals surface area (Å²) in [5, 5.41) is 0.454. The molecule has 1 atom stereocenters. The Bertz CT molecular complexity index is 768. The van der Waals surface area contributed by atoms with Crippen LogP contribution >= 0.6 is 7.37 Å². The summed E-state index contributed by atoms with van der Waals surface area (Å²) in [7, 11) is -3.58. The van der Waals surface area contributed by atoms with E-state index in [-0.39, 0.29) is 6.61 Å². The van der Waals surface area contributed by atoms with E-state index in [0.717, 1.165) is 6.42 Å². The molecule has 0 aromatic heterocycles. The number of rotatable bonds is 14. The van der Waals surface area contributed by atoms with Gasteiger partial charge in [0, 0.05) is 10.9 Å². The summed E-state index contributed by atoms with van der Waals surface area (Å²) >= 11 is 0. The van der Waals surface area contributed by atoms with Crippen LogP contribution in [0.15, 0.2) is 54.6 Å². The first-order chi connectivity index (χ1) is 14.1. The summed E-state index contributed by atoms with van der Waals surface area (Å²) in [6, 6.07) is 16.3. The van der Waals surface area contributed by atoms with E-state index >= 15 is 0 Å². The van der Waals surface area contributed by atoms with E-state index in [0.29, 0.717) is 10.9 Å². The normalized spacial score (nSPS) is 13.2. The van der Waals surface area contributed by atoms with Crippen LogP contribution in [0.2, 0.25) is 0 Å². The Morgan fingerprint density at radius 1 is 0.793 bits per heavy atom. The molecule has 4 heteroatoms. The van der Waals surface area contributed by atoms with E-state index in [4.69, 9.17) is 4.52 Å². The zero-order valence-corrected chi connectivity index (χ0v) is 18.8. The van der Waals surface area contributed by atoms with E-state index in [9.17, 15) is 9.36 Å². The predicted octanol–water partition coefficient (Wildman–Crippen LogP) is 7.15. The average molecular weight is 415 g/mol. The standard InChI is InChI=1S/C25H35O3P/c1-3-5-6-7-8-9-10-12-15-22-18-20-23(21-19-22)25(26)29(27,28-4-2)24-16-13-11-14-17-24/h11,13-14,16-21H,3-10,12,15H2,1-2H3.